The zero-order valence-electron chi connectivity index (χ0n) is 15.8. The first-order chi connectivity index (χ1) is 11.9. The molecule has 2 heteroatoms. The van der Waals surface area contributed by atoms with Gasteiger partial charge >= 0.3 is 5.97 Å². The lowest BCUT2D eigenvalue weighted by Gasteiger charge is -2.34. The summed E-state index contributed by atoms with van der Waals surface area (Å²) in [6, 6.07) is 9.78. The maximum absolute atomic E-state index is 11.9. The first-order valence-electron chi connectivity index (χ1n) is 9.80. The lowest BCUT2D eigenvalue weighted by atomic mass is 9.71. The highest BCUT2D eigenvalue weighted by molar-refractivity contribution is 5.72. The Labute approximate surface area is 151 Å². The van der Waals surface area contributed by atoms with Gasteiger partial charge in [0.2, 0.25) is 0 Å². The summed E-state index contributed by atoms with van der Waals surface area (Å²) in [5.41, 5.74) is 3.37. The van der Waals surface area contributed by atoms with Gasteiger partial charge in [0.15, 0.2) is 0 Å². The van der Waals surface area contributed by atoms with Crippen LogP contribution in [0, 0.1) is 28.6 Å². The van der Waals surface area contributed by atoms with E-state index in [4.69, 9.17) is 4.74 Å². The van der Waals surface area contributed by atoms with Gasteiger partial charge in [-0.1, -0.05) is 50.3 Å². The van der Waals surface area contributed by atoms with E-state index in [1.54, 1.807) is 0 Å². The number of allylic oxidation sites excluding steroid dienone is 1. The molecule has 0 radical (unpaired) electrons. The van der Waals surface area contributed by atoms with Crippen molar-refractivity contribution in [1.29, 1.82) is 0 Å². The van der Waals surface area contributed by atoms with E-state index >= 15 is 0 Å². The highest BCUT2D eigenvalue weighted by Crippen LogP contribution is 2.87. The van der Waals surface area contributed by atoms with Crippen LogP contribution in [0.4, 0.5) is 0 Å². The van der Waals surface area contributed by atoms with Crippen molar-refractivity contribution >= 4 is 5.97 Å². The van der Waals surface area contributed by atoms with Crippen LogP contribution in [-0.2, 0) is 16.0 Å². The monoisotopic (exact) mass is 338 g/mol. The number of hydrogen-bond donors (Lipinski definition) is 0. The van der Waals surface area contributed by atoms with Crippen LogP contribution in [0.25, 0.3) is 0 Å². The van der Waals surface area contributed by atoms with Crippen LogP contribution in [0.1, 0.15) is 52.0 Å². The predicted molar refractivity (Wildman–Crippen MR) is 100 cm³/mol. The van der Waals surface area contributed by atoms with Crippen LogP contribution in [0.15, 0.2) is 42.0 Å². The Bertz CT molecular complexity index is 677. The maximum Gasteiger partial charge on any atom is 0.310 e. The Morgan fingerprint density at radius 1 is 1.20 bits per heavy atom. The molecule has 1 aromatic carbocycles. The topological polar surface area (TPSA) is 26.3 Å². The van der Waals surface area contributed by atoms with Crippen LogP contribution in [0.3, 0.4) is 0 Å². The summed E-state index contributed by atoms with van der Waals surface area (Å²) >= 11 is 0. The van der Waals surface area contributed by atoms with Crippen molar-refractivity contribution in [2.75, 3.05) is 6.61 Å². The average molecular weight is 338 g/mol. The SMILES string of the molecule is C/C(=C/CCC1(C)C2CC3C(C2)C31C)COC(=O)Cc1ccccc1. The van der Waals surface area contributed by atoms with Crippen molar-refractivity contribution < 1.29 is 9.53 Å². The van der Waals surface area contributed by atoms with Gasteiger partial charge in [-0.05, 0) is 72.3 Å². The zero-order valence-corrected chi connectivity index (χ0v) is 15.8. The number of ether oxygens (including phenoxy) is 1. The van der Waals surface area contributed by atoms with Crippen molar-refractivity contribution in [1.82, 2.24) is 0 Å². The molecule has 4 fully saturated rings. The highest BCUT2D eigenvalue weighted by Gasteiger charge is 2.80. The van der Waals surface area contributed by atoms with E-state index in [0.29, 0.717) is 23.9 Å². The second kappa shape index (κ2) is 6.00. The minimum Gasteiger partial charge on any atom is -0.461 e. The summed E-state index contributed by atoms with van der Waals surface area (Å²) in [6.07, 6.45) is 8.02. The van der Waals surface area contributed by atoms with E-state index in [2.05, 4.69) is 26.8 Å². The third kappa shape index (κ3) is 2.65. The first-order valence-corrected chi connectivity index (χ1v) is 9.80. The molecule has 3 atom stereocenters. The zero-order chi connectivity index (χ0) is 17.7. The Morgan fingerprint density at radius 2 is 1.88 bits per heavy atom. The minimum atomic E-state index is -0.143. The van der Waals surface area contributed by atoms with Gasteiger partial charge in [-0.15, -0.1) is 0 Å². The Morgan fingerprint density at radius 3 is 2.48 bits per heavy atom. The molecule has 4 saturated carbocycles. The predicted octanol–water partition coefficient (Wildman–Crippen LogP) is 5.18. The minimum absolute atomic E-state index is 0.143. The number of carbonyl (C=O) groups is 1. The average Bonchev–Trinajstić information content (AvgIpc) is 2.92. The van der Waals surface area contributed by atoms with Crippen LogP contribution in [0.2, 0.25) is 0 Å². The third-order valence-electron chi connectivity index (χ3n) is 7.93. The molecule has 2 nitrogen and oxygen atoms in total. The van der Waals surface area contributed by atoms with Crippen LogP contribution in [0.5, 0.6) is 0 Å². The molecule has 4 bridgehead atoms. The largest absolute Gasteiger partial charge is 0.461 e. The smallest absolute Gasteiger partial charge is 0.310 e. The third-order valence-corrected chi connectivity index (χ3v) is 7.93. The van der Waals surface area contributed by atoms with Crippen LogP contribution < -0.4 is 0 Å². The van der Waals surface area contributed by atoms with Gasteiger partial charge in [0, 0.05) is 0 Å². The second-order valence-electron chi connectivity index (χ2n) is 8.99. The number of rotatable bonds is 7. The molecule has 3 unspecified atom stereocenters. The molecule has 134 valence electrons. The number of hydrogen-bond acceptors (Lipinski definition) is 2. The molecule has 0 amide bonds. The van der Waals surface area contributed by atoms with Crippen molar-refractivity contribution in [2.45, 2.75) is 52.9 Å². The standard InChI is InChI=1S/C23H30O2/c1-16(15-25-21(24)12-17-9-5-4-6-10-17)8-7-11-22(2)18-13-19-20(14-18)23(19,22)3/h4-6,8-10,18-20H,7,11-15H2,1-3H3/b16-8-. The van der Waals surface area contributed by atoms with Crippen molar-refractivity contribution in [3.05, 3.63) is 47.5 Å². The van der Waals surface area contributed by atoms with E-state index in [-0.39, 0.29) is 5.97 Å². The van der Waals surface area contributed by atoms with Gasteiger partial charge in [0.05, 0.1) is 6.42 Å². The molecular formula is C23H30O2. The number of carbonyl (C=O) groups excluding carboxylic acids is 1. The number of esters is 1. The summed E-state index contributed by atoms with van der Waals surface area (Å²) in [6.45, 7) is 7.58. The van der Waals surface area contributed by atoms with E-state index in [1.807, 2.05) is 30.3 Å². The molecule has 5 rings (SSSR count). The molecule has 25 heavy (non-hydrogen) atoms. The molecule has 0 heterocycles. The molecule has 0 spiro atoms. The Balaban J connectivity index is 1.22. The lowest BCUT2D eigenvalue weighted by molar-refractivity contribution is -0.141. The molecule has 0 aromatic heterocycles. The van der Waals surface area contributed by atoms with Crippen molar-refractivity contribution in [3.63, 3.8) is 0 Å². The second-order valence-corrected chi connectivity index (χ2v) is 8.99. The Kier molecular flexibility index (Phi) is 4.05. The number of benzene rings is 1. The molecule has 4 aliphatic carbocycles. The fourth-order valence-corrected chi connectivity index (χ4v) is 6.19. The van der Waals surface area contributed by atoms with E-state index in [0.717, 1.165) is 29.7 Å². The maximum atomic E-state index is 11.9. The summed E-state index contributed by atoms with van der Waals surface area (Å²) in [4.78, 5) is 11.9. The van der Waals surface area contributed by atoms with Gasteiger partial charge in [0.1, 0.15) is 6.61 Å². The van der Waals surface area contributed by atoms with Gasteiger partial charge in [-0.25, -0.2) is 0 Å². The molecule has 0 N–H and O–H groups in total. The Hall–Kier alpha value is -1.57. The van der Waals surface area contributed by atoms with Crippen LogP contribution >= 0.6 is 0 Å². The van der Waals surface area contributed by atoms with Gasteiger partial charge in [-0.2, -0.15) is 0 Å². The molecule has 0 saturated heterocycles. The van der Waals surface area contributed by atoms with Gasteiger partial charge < -0.3 is 4.74 Å². The van der Waals surface area contributed by atoms with Gasteiger partial charge in [0.25, 0.3) is 0 Å². The van der Waals surface area contributed by atoms with E-state index < -0.39 is 0 Å². The van der Waals surface area contributed by atoms with E-state index in [1.165, 1.54) is 24.8 Å². The fraction of sp³-hybridized carbons (Fsp3) is 0.609. The van der Waals surface area contributed by atoms with Crippen LogP contribution in [-0.4, -0.2) is 12.6 Å². The summed E-state index contributed by atoms with van der Waals surface area (Å²) in [5.74, 6) is 2.89. The summed E-state index contributed by atoms with van der Waals surface area (Å²) in [7, 11) is 0. The van der Waals surface area contributed by atoms with Crippen molar-refractivity contribution in [2.24, 2.45) is 28.6 Å². The quantitative estimate of drug-likeness (QED) is 0.506. The molecule has 4 aliphatic rings. The normalized spacial score (nSPS) is 38.0. The summed E-state index contributed by atoms with van der Waals surface area (Å²) < 4.78 is 5.43. The fourth-order valence-electron chi connectivity index (χ4n) is 6.19. The first kappa shape index (κ1) is 16.9. The lowest BCUT2D eigenvalue weighted by Crippen LogP contribution is -2.26. The van der Waals surface area contributed by atoms with Crippen molar-refractivity contribution in [3.8, 4) is 0 Å². The molecule has 0 aliphatic heterocycles. The summed E-state index contributed by atoms with van der Waals surface area (Å²) in [5, 5.41) is 0. The van der Waals surface area contributed by atoms with Gasteiger partial charge in [-0.3, -0.25) is 4.79 Å². The molecule has 1 aromatic rings. The van der Waals surface area contributed by atoms with E-state index in [9.17, 15) is 4.79 Å². The molecular weight excluding hydrogens is 308 g/mol. The highest BCUT2D eigenvalue weighted by atomic mass is 16.5.